The molecule has 3 aromatic rings. The van der Waals surface area contributed by atoms with Crippen LogP contribution in [0.25, 0.3) is 10.9 Å². The van der Waals surface area contributed by atoms with E-state index in [9.17, 15) is 4.79 Å². The summed E-state index contributed by atoms with van der Waals surface area (Å²) in [6.45, 7) is 2.63. The number of nitrogens with zero attached hydrogens (tertiary/aromatic N) is 3. The zero-order chi connectivity index (χ0) is 20.8. The van der Waals surface area contributed by atoms with Crippen LogP contribution in [-0.4, -0.2) is 38.6 Å². The molecule has 1 amide bonds. The number of aromatic nitrogens is 3. The SMILES string of the molecule is Cc1nnc(Sc2cc(C(=O)NCCCSC3CCCCC3)c3ccccc3n2)s1. The van der Waals surface area contributed by atoms with Crippen LogP contribution in [0.3, 0.4) is 0 Å². The molecule has 0 unspecified atom stereocenters. The lowest BCUT2D eigenvalue weighted by molar-refractivity contribution is 0.0955. The van der Waals surface area contributed by atoms with Crippen molar-refractivity contribution in [3.05, 3.63) is 40.9 Å². The summed E-state index contributed by atoms with van der Waals surface area (Å²) in [4.78, 5) is 17.7. The van der Waals surface area contributed by atoms with Crippen molar-refractivity contribution in [2.24, 2.45) is 0 Å². The molecule has 0 atom stereocenters. The van der Waals surface area contributed by atoms with E-state index < -0.39 is 0 Å². The molecule has 1 saturated carbocycles. The summed E-state index contributed by atoms with van der Waals surface area (Å²) in [5, 5.41) is 14.7. The van der Waals surface area contributed by atoms with Crippen molar-refractivity contribution < 1.29 is 4.79 Å². The van der Waals surface area contributed by atoms with Gasteiger partial charge in [0.25, 0.3) is 5.91 Å². The number of thioether (sulfide) groups is 1. The Bertz CT molecular complexity index is 1000. The van der Waals surface area contributed by atoms with E-state index in [0.717, 1.165) is 42.7 Å². The molecular formula is C22H26N4OS3. The van der Waals surface area contributed by atoms with Crippen LogP contribution < -0.4 is 5.32 Å². The van der Waals surface area contributed by atoms with Crippen molar-refractivity contribution in [1.29, 1.82) is 0 Å². The highest BCUT2D eigenvalue weighted by Crippen LogP contribution is 2.31. The molecule has 1 aliphatic carbocycles. The maximum atomic E-state index is 13.0. The molecule has 1 N–H and O–H groups in total. The van der Waals surface area contributed by atoms with Crippen molar-refractivity contribution in [2.45, 2.75) is 60.1 Å². The van der Waals surface area contributed by atoms with E-state index in [-0.39, 0.29) is 5.91 Å². The van der Waals surface area contributed by atoms with Crippen molar-refractivity contribution in [3.63, 3.8) is 0 Å². The first-order chi connectivity index (χ1) is 14.7. The average molecular weight is 459 g/mol. The summed E-state index contributed by atoms with van der Waals surface area (Å²) in [6.07, 6.45) is 7.86. The van der Waals surface area contributed by atoms with E-state index in [1.807, 2.05) is 37.3 Å². The molecule has 1 aliphatic rings. The number of amides is 1. The van der Waals surface area contributed by atoms with Gasteiger partial charge in [-0.2, -0.15) is 11.8 Å². The van der Waals surface area contributed by atoms with Gasteiger partial charge in [-0.05, 0) is 55.8 Å². The lowest BCUT2D eigenvalue weighted by atomic mass is 10.0. The minimum Gasteiger partial charge on any atom is -0.352 e. The molecule has 2 aromatic heterocycles. The predicted octanol–water partition coefficient (Wildman–Crippen LogP) is 5.73. The van der Waals surface area contributed by atoms with Gasteiger partial charge in [0.15, 0.2) is 4.34 Å². The lowest BCUT2D eigenvalue weighted by Crippen LogP contribution is -2.25. The summed E-state index contributed by atoms with van der Waals surface area (Å²) in [7, 11) is 0. The predicted molar refractivity (Wildman–Crippen MR) is 127 cm³/mol. The van der Waals surface area contributed by atoms with Crippen molar-refractivity contribution in [3.8, 4) is 0 Å². The van der Waals surface area contributed by atoms with Gasteiger partial charge in [-0.1, -0.05) is 48.8 Å². The molecule has 2 heterocycles. The largest absolute Gasteiger partial charge is 0.352 e. The highest BCUT2D eigenvalue weighted by Gasteiger charge is 2.16. The number of hydrogen-bond acceptors (Lipinski definition) is 7. The molecular weight excluding hydrogens is 432 g/mol. The number of rotatable bonds is 8. The van der Waals surface area contributed by atoms with E-state index in [2.05, 4.69) is 27.3 Å². The van der Waals surface area contributed by atoms with Crippen LogP contribution in [0.4, 0.5) is 0 Å². The Labute approximate surface area is 189 Å². The van der Waals surface area contributed by atoms with Gasteiger partial charge in [-0.25, -0.2) is 4.98 Å². The third kappa shape index (κ3) is 5.74. The molecule has 0 radical (unpaired) electrons. The van der Waals surface area contributed by atoms with Crippen LogP contribution in [0, 0.1) is 6.92 Å². The summed E-state index contributed by atoms with van der Waals surface area (Å²) >= 11 is 5.06. The first kappa shape index (κ1) is 21.6. The fourth-order valence-corrected chi connectivity index (χ4v) is 6.74. The number of nitrogens with one attached hydrogen (secondary N) is 1. The lowest BCUT2D eigenvalue weighted by Gasteiger charge is -2.20. The van der Waals surface area contributed by atoms with Crippen LogP contribution in [0.2, 0.25) is 0 Å². The molecule has 8 heteroatoms. The monoisotopic (exact) mass is 458 g/mol. The van der Waals surface area contributed by atoms with E-state index in [1.54, 1.807) is 0 Å². The minimum atomic E-state index is -0.0356. The maximum Gasteiger partial charge on any atom is 0.252 e. The second-order valence-corrected chi connectivity index (χ2v) is 11.3. The number of hydrogen-bond donors (Lipinski definition) is 1. The summed E-state index contributed by atoms with van der Waals surface area (Å²) in [5.74, 6) is 1.08. The smallest absolute Gasteiger partial charge is 0.252 e. The van der Waals surface area contributed by atoms with E-state index >= 15 is 0 Å². The van der Waals surface area contributed by atoms with Gasteiger partial charge in [-0.3, -0.25) is 4.79 Å². The van der Waals surface area contributed by atoms with Gasteiger partial charge in [0.1, 0.15) is 10.0 Å². The van der Waals surface area contributed by atoms with Gasteiger partial charge in [0, 0.05) is 17.2 Å². The quantitative estimate of drug-likeness (QED) is 0.435. The Morgan fingerprint density at radius 2 is 2.03 bits per heavy atom. The number of fused-ring (bicyclic) bond motifs is 1. The normalized spacial score (nSPS) is 14.8. The molecule has 158 valence electrons. The van der Waals surface area contributed by atoms with Gasteiger partial charge < -0.3 is 5.32 Å². The van der Waals surface area contributed by atoms with E-state index in [1.165, 1.54) is 55.2 Å². The number of carbonyl (C=O) groups excluding carboxylic acids is 1. The highest BCUT2D eigenvalue weighted by molar-refractivity contribution is 8.01. The van der Waals surface area contributed by atoms with Gasteiger partial charge >= 0.3 is 0 Å². The number of aryl methyl sites for hydroxylation is 1. The Balaban J connectivity index is 1.39. The van der Waals surface area contributed by atoms with Crippen LogP contribution in [-0.2, 0) is 0 Å². The molecule has 30 heavy (non-hydrogen) atoms. The number of para-hydroxylation sites is 1. The summed E-state index contributed by atoms with van der Waals surface area (Å²) < 4.78 is 0.835. The van der Waals surface area contributed by atoms with Crippen LogP contribution in [0.15, 0.2) is 39.7 Å². The fourth-order valence-electron chi connectivity index (χ4n) is 3.65. The van der Waals surface area contributed by atoms with E-state index in [0.29, 0.717) is 12.1 Å². The van der Waals surface area contributed by atoms with Crippen molar-refractivity contribution in [1.82, 2.24) is 20.5 Å². The van der Waals surface area contributed by atoms with Crippen LogP contribution in [0.5, 0.6) is 0 Å². The molecule has 0 aliphatic heterocycles. The van der Waals surface area contributed by atoms with E-state index in [4.69, 9.17) is 4.98 Å². The third-order valence-corrected chi connectivity index (χ3v) is 8.42. The standard InChI is InChI=1S/C22H26N4OS3/c1-15-25-26-22(29-15)30-20-14-18(17-10-5-6-11-19(17)24-20)21(27)23-12-7-13-28-16-8-3-2-4-9-16/h5-6,10-11,14,16H,2-4,7-9,12-13H2,1H3,(H,23,27). The zero-order valence-electron chi connectivity index (χ0n) is 17.1. The van der Waals surface area contributed by atoms with Crippen LogP contribution in [0.1, 0.15) is 53.9 Å². The Morgan fingerprint density at radius 3 is 2.83 bits per heavy atom. The second kappa shape index (κ2) is 10.6. The minimum absolute atomic E-state index is 0.0356. The Morgan fingerprint density at radius 1 is 1.20 bits per heavy atom. The molecule has 1 fully saturated rings. The van der Waals surface area contributed by atoms with Crippen LogP contribution >= 0.6 is 34.9 Å². The molecule has 4 rings (SSSR count). The topological polar surface area (TPSA) is 67.8 Å². The highest BCUT2D eigenvalue weighted by atomic mass is 32.2. The Hall–Kier alpha value is -1.64. The average Bonchev–Trinajstić information content (AvgIpc) is 3.18. The molecule has 0 bridgehead atoms. The van der Waals surface area contributed by atoms with Crippen molar-refractivity contribution in [2.75, 3.05) is 12.3 Å². The van der Waals surface area contributed by atoms with Gasteiger partial charge in [0.2, 0.25) is 0 Å². The van der Waals surface area contributed by atoms with Crippen molar-refractivity contribution >= 4 is 51.7 Å². The molecule has 0 saturated heterocycles. The summed E-state index contributed by atoms with van der Waals surface area (Å²) in [6, 6.07) is 9.67. The van der Waals surface area contributed by atoms with Gasteiger partial charge in [0.05, 0.1) is 11.1 Å². The number of carbonyl (C=O) groups is 1. The zero-order valence-corrected chi connectivity index (χ0v) is 19.5. The number of benzene rings is 1. The van der Waals surface area contributed by atoms with Gasteiger partial charge in [-0.15, -0.1) is 10.2 Å². The summed E-state index contributed by atoms with van der Waals surface area (Å²) in [5.41, 5.74) is 1.49. The first-order valence-corrected chi connectivity index (χ1v) is 13.1. The molecule has 1 aromatic carbocycles. The Kier molecular flexibility index (Phi) is 7.62. The molecule has 0 spiro atoms. The second-order valence-electron chi connectivity index (χ2n) is 7.45. The number of pyridine rings is 1. The first-order valence-electron chi connectivity index (χ1n) is 10.5. The molecule has 5 nitrogen and oxygen atoms in total. The maximum absolute atomic E-state index is 13.0. The third-order valence-electron chi connectivity index (χ3n) is 5.15. The fraction of sp³-hybridized carbons (Fsp3) is 0.455.